The number of pyridine rings is 1. The van der Waals surface area contributed by atoms with Gasteiger partial charge in [0.25, 0.3) is 5.91 Å². The number of anilines is 3. The van der Waals surface area contributed by atoms with E-state index in [-0.39, 0.29) is 17.1 Å². The molecule has 3 aromatic heterocycles. The summed E-state index contributed by atoms with van der Waals surface area (Å²) in [5.41, 5.74) is 5.66. The number of aromatic amines is 1. The van der Waals surface area contributed by atoms with Gasteiger partial charge in [0.1, 0.15) is 11.5 Å². The van der Waals surface area contributed by atoms with Crippen LogP contribution in [0.25, 0.3) is 11.3 Å². The molecule has 1 unspecified atom stereocenters. The van der Waals surface area contributed by atoms with Crippen LogP contribution < -0.4 is 10.6 Å². The number of hydrogen-bond donors (Lipinski definition) is 3. The van der Waals surface area contributed by atoms with Crippen LogP contribution in [0.15, 0.2) is 60.9 Å². The predicted octanol–water partition coefficient (Wildman–Crippen LogP) is 4.96. The van der Waals surface area contributed by atoms with Gasteiger partial charge in [0.2, 0.25) is 0 Å². The lowest BCUT2D eigenvalue weighted by atomic mass is 10.0. The minimum Gasteiger partial charge on any atom is -0.356 e. The van der Waals surface area contributed by atoms with E-state index >= 15 is 0 Å². The number of fused-ring (bicyclic) bond motifs is 2. The summed E-state index contributed by atoms with van der Waals surface area (Å²) >= 11 is 0. The number of para-hydroxylation sites is 1. The average Bonchev–Trinajstić information content (AvgIpc) is 3.14. The fourth-order valence-corrected chi connectivity index (χ4v) is 5.20. The minimum atomic E-state index is -0.289. The smallest absolute Gasteiger partial charge is 0.275 e. The molecule has 0 radical (unpaired) electrons. The molecule has 35 heavy (non-hydrogen) atoms. The van der Waals surface area contributed by atoms with Crippen LogP contribution in [0.1, 0.15) is 46.3 Å². The Bertz CT molecular complexity index is 1450. The molecule has 176 valence electrons. The Morgan fingerprint density at radius 1 is 1.17 bits per heavy atom. The number of Topliss-reactive ketones (excluding diaryl/α,β-unsaturated/α-hetero) is 1. The molecule has 1 saturated carbocycles. The second-order valence-corrected chi connectivity index (χ2v) is 9.80. The van der Waals surface area contributed by atoms with Crippen LogP contribution in [0.2, 0.25) is 0 Å². The van der Waals surface area contributed by atoms with Crippen molar-refractivity contribution < 1.29 is 9.59 Å². The lowest BCUT2D eigenvalue weighted by Gasteiger charge is -2.12. The Labute approximate surface area is 202 Å². The van der Waals surface area contributed by atoms with Gasteiger partial charge in [-0.15, -0.1) is 0 Å². The zero-order valence-corrected chi connectivity index (χ0v) is 19.6. The summed E-state index contributed by atoms with van der Waals surface area (Å²) in [6.45, 7) is 2.27. The number of rotatable bonds is 5. The normalized spacial score (nSPS) is 20.5. The summed E-state index contributed by atoms with van der Waals surface area (Å²) in [5.74, 6) is 0.761. The number of benzene rings is 1. The van der Waals surface area contributed by atoms with Gasteiger partial charge in [-0.2, -0.15) is 5.10 Å². The maximum atomic E-state index is 13.4. The highest BCUT2D eigenvalue weighted by Gasteiger charge is 2.53. The highest BCUT2D eigenvalue weighted by atomic mass is 16.2. The van der Waals surface area contributed by atoms with E-state index in [1.807, 2.05) is 42.5 Å². The molecule has 1 fully saturated rings. The molecular weight excluding hydrogens is 440 g/mol. The minimum absolute atomic E-state index is 0.172. The van der Waals surface area contributed by atoms with Crippen LogP contribution >= 0.6 is 0 Å². The fraction of sp³-hybridized carbons (Fsp3) is 0.259. The highest BCUT2D eigenvalue weighted by molar-refractivity contribution is 6.07. The summed E-state index contributed by atoms with van der Waals surface area (Å²) in [7, 11) is 1.72. The van der Waals surface area contributed by atoms with Crippen molar-refractivity contribution in [3.63, 3.8) is 0 Å². The van der Waals surface area contributed by atoms with E-state index in [1.54, 1.807) is 25.5 Å². The molecule has 8 nitrogen and oxygen atoms in total. The number of aromatic nitrogens is 4. The first-order chi connectivity index (χ1) is 16.9. The first-order valence-electron chi connectivity index (χ1n) is 11.8. The number of nitrogens with one attached hydrogen (secondary N) is 3. The van der Waals surface area contributed by atoms with E-state index < -0.39 is 0 Å². The maximum absolute atomic E-state index is 13.4. The molecule has 4 aromatic rings. The predicted molar refractivity (Wildman–Crippen MR) is 134 cm³/mol. The Morgan fingerprint density at radius 3 is 2.77 bits per heavy atom. The van der Waals surface area contributed by atoms with Crippen molar-refractivity contribution in [2.45, 2.75) is 26.2 Å². The van der Waals surface area contributed by atoms with E-state index in [0.29, 0.717) is 23.9 Å². The van der Waals surface area contributed by atoms with Crippen molar-refractivity contribution in [1.29, 1.82) is 0 Å². The van der Waals surface area contributed by atoms with Crippen molar-refractivity contribution in [3.05, 3.63) is 77.9 Å². The summed E-state index contributed by atoms with van der Waals surface area (Å²) < 4.78 is 1.51. The standard InChI is InChI=1S/C27H26N6O2/c1-27-14-17(27)13-21(34)23-19(15-27)31-24(25(23)30-18-6-4-3-5-7-18)16-8-10-28-22(12-16)32-26(35)20-9-11-29-33(20)2/h3-12,17,30-31H,13-15H2,1-2H3,(H,28,32,35)/t17?,27-/m1/s1. The van der Waals surface area contributed by atoms with Crippen LogP contribution in [0, 0.1) is 11.3 Å². The number of amides is 1. The van der Waals surface area contributed by atoms with Crippen molar-refractivity contribution in [2.24, 2.45) is 18.4 Å². The van der Waals surface area contributed by atoms with Gasteiger partial charge in [0.05, 0.1) is 16.9 Å². The largest absolute Gasteiger partial charge is 0.356 e. The molecule has 8 heteroatoms. The number of nitrogens with zero attached hydrogens (tertiary/aromatic N) is 3. The highest BCUT2D eigenvalue weighted by Crippen LogP contribution is 2.59. The number of hydrogen-bond acceptors (Lipinski definition) is 5. The van der Waals surface area contributed by atoms with Crippen LogP contribution in [0.3, 0.4) is 0 Å². The molecule has 1 amide bonds. The molecule has 0 saturated heterocycles. The molecule has 2 atom stereocenters. The summed E-state index contributed by atoms with van der Waals surface area (Å²) in [5, 5.41) is 10.4. The molecule has 3 heterocycles. The number of H-pyrrole nitrogens is 1. The molecule has 0 aliphatic heterocycles. The quantitative estimate of drug-likeness (QED) is 0.386. The van der Waals surface area contributed by atoms with Gasteiger partial charge < -0.3 is 15.6 Å². The van der Waals surface area contributed by atoms with Gasteiger partial charge in [-0.05, 0) is 54.5 Å². The second kappa shape index (κ2) is 7.94. The first kappa shape index (κ1) is 21.3. The van der Waals surface area contributed by atoms with Gasteiger partial charge in [-0.3, -0.25) is 14.3 Å². The van der Waals surface area contributed by atoms with Crippen LogP contribution in [0.5, 0.6) is 0 Å². The Hall–Kier alpha value is -4.20. The molecule has 3 N–H and O–H groups in total. The van der Waals surface area contributed by atoms with Gasteiger partial charge in [-0.1, -0.05) is 25.1 Å². The van der Waals surface area contributed by atoms with E-state index in [9.17, 15) is 9.59 Å². The van der Waals surface area contributed by atoms with E-state index in [4.69, 9.17) is 0 Å². The number of carbonyl (C=O) groups is 2. The maximum Gasteiger partial charge on any atom is 0.275 e. The van der Waals surface area contributed by atoms with Crippen molar-refractivity contribution in [2.75, 3.05) is 10.6 Å². The van der Waals surface area contributed by atoms with Crippen LogP contribution in [0.4, 0.5) is 17.2 Å². The molecular formula is C27H26N6O2. The number of carbonyl (C=O) groups excluding carboxylic acids is 2. The zero-order chi connectivity index (χ0) is 24.2. The van der Waals surface area contributed by atoms with Crippen molar-refractivity contribution in [3.8, 4) is 11.3 Å². The van der Waals surface area contributed by atoms with Gasteiger partial charge in [-0.25, -0.2) is 4.98 Å². The Balaban J connectivity index is 1.41. The van der Waals surface area contributed by atoms with Crippen molar-refractivity contribution >= 4 is 28.9 Å². The number of aryl methyl sites for hydroxylation is 1. The number of ketones is 1. The first-order valence-corrected chi connectivity index (χ1v) is 11.8. The molecule has 2 aliphatic rings. The third-order valence-electron chi connectivity index (χ3n) is 7.29. The summed E-state index contributed by atoms with van der Waals surface area (Å²) in [6.07, 6.45) is 5.75. The zero-order valence-electron chi connectivity index (χ0n) is 19.6. The molecule has 0 bridgehead atoms. The lowest BCUT2D eigenvalue weighted by Crippen LogP contribution is -2.16. The van der Waals surface area contributed by atoms with Crippen LogP contribution in [-0.4, -0.2) is 31.4 Å². The van der Waals surface area contributed by atoms with E-state index in [2.05, 4.69) is 32.6 Å². The van der Waals surface area contributed by atoms with Crippen LogP contribution in [-0.2, 0) is 13.5 Å². The summed E-state index contributed by atoms with van der Waals surface area (Å²) in [4.78, 5) is 34.0. The van der Waals surface area contributed by atoms with Gasteiger partial charge in [0, 0.05) is 42.8 Å². The summed E-state index contributed by atoms with van der Waals surface area (Å²) in [6, 6.07) is 15.2. The Kier molecular flexibility index (Phi) is 4.84. The molecule has 6 rings (SSSR count). The third-order valence-corrected chi connectivity index (χ3v) is 7.29. The topological polar surface area (TPSA) is 105 Å². The Morgan fingerprint density at radius 2 is 2.00 bits per heavy atom. The van der Waals surface area contributed by atoms with Gasteiger partial charge >= 0.3 is 0 Å². The molecule has 0 spiro atoms. The fourth-order valence-electron chi connectivity index (χ4n) is 5.20. The third kappa shape index (κ3) is 3.80. The van der Waals surface area contributed by atoms with E-state index in [0.717, 1.165) is 46.7 Å². The lowest BCUT2D eigenvalue weighted by molar-refractivity contribution is 0.0973. The average molecular weight is 467 g/mol. The molecule has 2 aliphatic carbocycles. The second-order valence-electron chi connectivity index (χ2n) is 9.80. The van der Waals surface area contributed by atoms with Gasteiger partial charge in [0.15, 0.2) is 5.78 Å². The molecule has 1 aromatic carbocycles. The SMILES string of the molecule is Cn1nccc1C(=O)Nc1cc(-c2[nH]c3c(c2Nc2ccccc2)C(=O)CC2C[C@]2(C)C3)ccn1. The monoisotopic (exact) mass is 466 g/mol. The van der Waals surface area contributed by atoms with Crippen molar-refractivity contribution in [1.82, 2.24) is 19.7 Å². The van der Waals surface area contributed by atoms with E-state index in [1.165, 1.54) is 4.68 Å².